The molecule has 150 valence electrons. The summed E-state index contributed by atoms with van der Waals surface area (Å²) >= 11 is 0. The zero-order valence-corrected chi connectivity index (χ0v) is 17.4. The third-order valence-electron chi connectivity index (χ3n) is 5.61. The lowest BCUT2D eigenvalue weighted by Crippen LogP contribution is -2.54. The number of amides is 1. The van der Waals surface area contributed by atoms with Crippen LogP contribution in [0.4, 0.5) is 0 Å². The van der Waals surface area contributed by atoms with Crippen LogP contribution in [0, 0.1) is 11.8 Å². The molecule has 0 spiro atoms. The van der Waals surface area contributed by atoms with Gasteiger partial charge in [-0.15, -0.1) is 0 Å². The van der Waals surface area contributed by atoms with Gasteiger partial charge in [0.25, 0.3) is 6.47 Å². The number of carbonyl (C=O) groups excluding carboxylic acids is 2. The van der Waals surface area contributed by atoms with Gasteiger partial charge >= 0.3 is 0 Å². The lowest BCUT2D eigenvalue weighted by molar-refractivity contribution is -0.156. The Hall–Kier alpha value is -2.04. The summed E-state index contributed by atoms with van der Waals surface area (Å²) < 4.78 is 10.7. The molecule has 5 heteroatoms. The zero-order chi connectivity index (χ0) is 20.2. The average molecular weight is 376 g/mol. The molecule has 1 aliphatic rings. The molecule has 2 atom stereocenters. The summed E-state index contributed by atoms with van der Waals surface area (Å²) in [6.07, 6.45) is 2.77. The van der Waals surface area contributed by atoms with Crippen LogP contribution in [0.15, 0.2) is 24.3 Å². The van der Waals surface area contributed by atoms with Crippen LogP contribution < -0.4 is 4.74 Å². The quantitative estimate of drug-likeness (QED) is 0.580. The normalized spacial score (nSPS) is 16.6. The Labute approximate surface area is 163 Å². The Bertz CT molecular complexity index is 651. The predicted molar refractivity (Wildman–Crippen MR) is 106 cm³/mol. The number of rotatable bonds is 10. The van der Waals surface area contributed by atoms with Gasteiger partial charge in [-0.3, -0.25) is 9.59 Å². The number of methoxy groups -OCH3 is 1. The lowest BCUT2D eigenvalue weighted by atomic mass is 9.86. The minimum Gasteiger partial charge on any atom is -0.497 e. The molecular weight excluding hydrogens is 342 g/mol. The molecule has 5 nitrogen and oxygen atoms in total. The first-order valence-electron chi connectivity index (χ1n) is 9.72. The number of nitrogens with zero attached hydrogens (tertiary/aromatic N) is 1. The van der Waals surface area contributed by atoms with E-state index >= 15 is 0 Å². The van der Waals surface area contributed by atoms with E-state index in [0.29, 0.717) is 18.8 Å². The molecule has 0 N–H and O–H groups in total. The molecule has 1 fully saturated rings. The van der Waals surface area contributed by atoms with Crippen molar-refractivity contribution in [2.75, 3.05) is 14.2 Å². The molecule has 1 aliphatic carbocycles. The van der Waals surface area contributed by atoms with Gasteiger partial charge < -0.3 is 14.4 Å². The van der Waals surface area contributed by atoms with Gasteiger partial charge in [-0.25, -0.2) is 0 Å². The molecule has 0 heterocycles. The van der Waals surface area contributed by atoms with Crippen LogP contribution in [0.2, 0.25) is 0 Å². The zero-order valence-electron chi connectivity index (χ0n) is 17.4. The minimum atomic E-state index is -0.745. The lowest BCUT2D eigenvalue weighted by Gasteiger charge is -2.41. The molecule has 0 saturated heterocycles. The van der Waals surface area contributed by atoms with E-state index in [1.165, 1.54) is 0 Å². The number of hydrogen-bond acceptors (Lipinski definition) is 4. The highest BCUT2D eigenvalue weighted by molar-refractivity contribution is 5.77. The molecule has 1 amide bonds. The van der Waals surface area contributed by atoms with E-state index in [4.69, 9.17) is 9.47 Å². The molecule has 2 unspecified atom stereocenters. The van der Waals surface area contributed by atoms with E-state index in [9.17, 15) is 9.59 Å². The van der Waals surface area contributed by atoms with Crippen molar-refractivity contribution in [3.63, 3.8) is 0 Å². The third kappa shape index (κ3) is 5.24. The molecule has 0 aromatic heterocycles. The summed E-state index contributed by atoms with van der Waals surface area (Å²) in [5.41, 5.74) is 0.411. The van der Waals surface area contributed by atoms with Gasteiger partial charge in [0.1, 0.15) is 11.4 Å². The van der Waals surface area contributed by atoms with Crippen molar-refractivity contribution in [2.45, 2.75) is 64.5 Å². The van der Waals surface area contributed by atoms with E-state index in [1.807, 2.05) is 52.9 Å². The van der Waals surface area contributed by atoms with Crippen LogP contribution in [0.3, 0.4) is 0 Å². The van der Waals surface area contributed by atoms with Crippen LogP contribution in [-0.2, 0) is 14.3 Å². The van der Waals surface area contributed by atoms with Gasteiger partial charge in [0, 0.05) is 13.5 Å². The van der Waals surface area contributed by atoms with E-state index < -0.39 is 5.60 Å². The van der Waals surface area contributed by atoms with Gasteiger partial charge in [0.2, 0.25) is 5.91 Å². The first kappa shape index (κ1) is 21.3. The monoisotopic (exact) mass is 375 g/mol. The smallest absolute Gasteiger partial charge is 0.293 e. The van der Waals surface area contributed by atoms with Gasteiger partial charge in [-0.1, -0.05) is 26.0 Å². The minimum absolute atomic E-state index is 0.0796. The van der Waals surface area contributed by atoms with Gasteiger partial charge in [0.05, 0.1) is 13.2 Å². The van der Waals surface area contributed by atoms with Crippen LogP contribution in [0.25, 0.3) is 0 Å². The van der Waals surface area contributed by atoms with E-state index in [0.717, 1.165) is 24.2 Å². The molecule has 1 saturated carbocycles. The highest BCUT2D eigenvalue weighted by atomic mass is 16.5. The largest absolute Gasteiger partial charge is 0.497 e. The number of carbonyl (C=O) groups is 2. The Kier molecular flexibility index (Phi) is 6.90. The number of benzene rings is 1. The molecular formula is C22H33NO4. The highest BCUT2D eigenvalue weighted by Gasteiger charge is 2.40. The number of hydrogen-bond donors (Lipinski definition) is 0. The van der Waals surface area contributed by atoms with E-state index in [2.05, 4.69) is 6.07 Å². The fourth-order valence-corrected chi connectivity index (χ4v) is 4.32. The first-order chi connectivity index (χ1) is 12.7. The molecule has 0 radical (unpaired) electrons. The topological polar surface area (TPSA) is 55.8 Å². The first-order valence-corrected chi connectivity index (χ1v) is 9.72. The van der Waals surface area contributed by atoms with Crippen molar-refractivity contribution in [1.29, 1.82) is 0 Å². The van der Waals surface area contributed by atoms with Crippen molar-refractivity contribution in [1.82, 2.24) is 4.90 Å². The van der Waals surface area contributed by atoms with Crippen molar-refractivity contribution < 1.29 is 19.1 Å². The summed E-state index contributed by atoms with van der Waals surface area (Å²) in [5, 5.41) is 0. The third-order valence-corrected chi connectivity index (χ3v) is 5.61. The Morgan fingerprint density at radius 3 is 2.52 bits per heavy atom. The fraction of sp³-hybridized carbons (Fsp3) is 0.636. The van der Waals surface area contributed by atoms with Crippen LogP contribution >= 0.6 is 0 Å². The SMILES string of the molecule is COc1cccc(C(CC(=O)N(C)C(C(C)C)C(C)(C)OC=O)C2CC2)c1. The summed E-state index contributed by atoms with van der Waals surface area (Å²) in [6, 6.07) is 7.83. The Morgan fingerprint density at radius 2 is 2.00 bits per heavy atom. The Balaban J connectivity index is 2.19. The maximum absolute atomic E-state index is 13.2. The van der Waals surface area contributed by atoms with E-state index in [1.54, 1.807) is 12.0 Å². The summed E-state index contributed by atoms with van der Waals surface area (Å²) in [4.78, 5) is 25.9. The second-order valence-corrected chi connectivity index (χ2v) is 8.44. The van der Waals surface area contributed by atoms with E-state index in [-0.39, 0.29) is 23.8 Å². The van der Waals surface area contributed by atoms with Gasteiger partial charge in [-0.2, -0.15) is 0 Å². The molecule has 27 heavy (non-hydrogen) atoms. The second kappa shape index (κ2) is 8.77. The average Bonchev–Trinajstić information content (AvgIpc) is 3.43. The van der Waals surface area contributed by atoms with Crippen molar-refractivity contribution in [3.05, 3.63) is 29.8 Å². The van der Waals surface area contributed by atoms with Gasteiger partial charge in [0.15, 0.2) is 0 Å². The second-order valence-electron chi connectivity index (χ2n) is 8.44. The molecule has 1 aromatic rings. The molecule has 0 aliphatic heterocycles. The Morgan fingerprint density at radius 1 is 1.33 bits per heavy atom. The summed E-state index contributed by atoms with van der Waals surface area (Å²) in [6.45, 7) is 8.28. The maximum atomic E-state index is 13.2. The van der Waals surface area contributed by atoms with Crippen molar-refractivity contribution in [3.8, 4) is 5.75 Å². The molecule has 1 aromatic carbocycles. The van der Waals surface area contributed by atoms with Crippen molar-refractivity contribution in [2.24, 2.45) is 11.8 Å². The standard InChI is InChI=1S/C22H33NO4/c1-15(2)21(22(3,4)27-14-24)23(5)20(25)13-19(16-10-11-16)17-8-7-9-18(12-17)26-6/h7-9,12,14-16,19,21H,10-11,13H2,1-6H3. The van der Waals surface area contributed by atoms with Crippen LogP contribution in [0.1, 0.15) is 58.4 Å². The molecule has 2 rings (SSSR count). The number of likely N-dealkylation sites (N-methyl/N-ethyl adjacent to an activating group) is 1. The number of ether oxygens (including phenoxy) is 2. The molecule has 0 bridgehead atoms. The highest BCUT2D eigenvalue weighted by Crippen LogP contribution is 2.45. The summed E-state index contributed by atoms with van der Waals surface area (Å²) in [5.74, 6) is 1.80. The van der Waals surface area contributed by atoms with Crippen LogP contribution in [-0.4, -0.2) is 43.1 Å². The van der Waals surface area contributed by atoms with Gasteiger partial charge in [-0.05, 0) is 62.1 Å². The van der Waals surface area contributed by atoms with Crippen molar-refractivity contribution >= 4 is 12.4 Å². The maximum Gasteiger partial charge on any atom is 0.293 e. The fourth-order valence-electron chi connectivity index (χ4n) is 4.32. The summed E-state index contributed by atoms with van der Waals surface area (Å²) in [7, 11) is 3.48. The predicted octanol–water partition coefficient (Wildman–Crippen LogP) is 4.01. The van der Waals surface area contributed by atoms with Crippen LogP contribution in [0.5, 0.6) is 5.75 Å².